The molecule has 2 aromatic rings. The summed E-state index contributed by atoms with van der Waals surface area (Å²) in [6.07, 6.45) is 2.36. The van der Waals surface area contributed by atoms with Gasteiger partial charge in [-0.2, -0.15) is 5.10 Å². The number of rotatable bonds is 8. The van der Waals surface area contributed by atoms with Crippen LogP contribution in [0.3, 0.4) is 0 Å². The molecule has 25 heavy (non-hydrogen) atoms. The number of nitrogens with zero attached hydrogens (tertiary/aromatic N) is 2. The molecule has 0 unspecified atom stereocenters. The molecule has 1 aliphatic carbocycles. The van der Waals surface area contributed by atoms with Gasteiger partial charge in [-0.15, -0.1) is 0 Å². The number of amides is 1. The lowest BCUT2D eigenvalue weighted by Crippen LogP contribution is -2.30. The van der Waals surface area contributed by atoms with Gasteiger partial charge in [0.05, 0.1) is 5.69 Å². The molecule has 3 atom stereocenters. The first kappa shape index (κ1) is 17.8. The van der Waals surface area contributed by atoms with E-state index in [0.717, 1.165) is 35.4 Å². The maximum Gasteiger partial charge on any atom is 0.220 e. The molecular formula is C20H29N3O2. The Bertz CT molecular complexity index is 731. The van der Waals surface area contributed by atoms with Crippen LogP contribution in [-0.4, -0.2) is 22.2 Å². The van der Waals surface area contributed by atoms with E-state index in [1.165, 1.54) is 6.42 Å². The Morgan fingerprint density at radius 1 is 1.44 bits per heavy atom. The smallest absolute Gasteiger partial charge is 0.220 e. The zero-order chi connectivity index (χ0) is 18.0. The lowest BCUT2D eigenvalue weighted by molar-refractivity contribution is -0.121. The van der Waals surface area contributed by atoms with Crippen molar-refractivity contribution in [1.29, 1.82) is 0 Å². The van der Waals surface area contributed by atoms with E-state index in [-0.39, 0.29) is 5.91 Å². The van der Waals surface area contributed by atoms with Gasteiger partial charge in [-0.3, -0.25) is 9.48 Å². The van der Waals surface area contributed by atoms with Gasteiger partial charge in [-0.05, 0) is 50.3 Å². The predicted octanol–water partition coefficient (Wildman–Crippen LogP) is 3.60. The Kier molecular flexibility index (Phi) is 5.30. The van der Waals surface area contributed by atoms with Crippen molar-refractivity contribution in [2.75, 3.05) is 6.54 Å². The minimum Gasteiger partial charge on any atom is -0.466 e. The van der Waals surface area contributed by atoms with E-state index in [2.05, 4.69) is 43.3 Å². The third-order valence-corrected chi connectivity index (χ3v) is 4.99. The number of aromatic nitrogens is 2. The predicted molar refractivity (Wildman–Crippen MR) is 97.4 cm³/mol. The molecule has 1 N–H and O–H groups in total. The number of carbonyl (C=O) groups is 1. The number of furan rings is 1. The number of carbonyl (C=O) groups excluding carboxylic acids is 1. The molecule has 1 aliphatic rings. The van der Waals surface area contributed by atoms with Crippen molar-refractivity contribution < 1.29 is 9.21 Å². The average molecular weight is 343 g/mol. The van der Waals surface area contributed by atoms with Crippen LogP contribution in [0.5, 0.6) is 0 Å². The van der Waals surface area contributed by atoms with Crippen LogP contribution in [0.2, 0.25) is 0 Å². The molecule has 1 fully saturated rings. The van der Waals surface area contributed by atoms with Gasteiger partial charge in [-0.25, -0.2) is 0 Å². The van der Waals surface area contributed by atoms with Gasteiger partial charge in [0.2, 0.25) is 5.91 Å². The standard InChI is InChI=1S/C20H29N3O2/c1-13(12-23-16(4)10-15(3)22-23)11-21-20(24)8-6-17-5-7-19(25-17)18-9-14(18)2/h5,7,10,13-14,18H,6,8-9,11-12H2,1-4H3,(H,21,24)/t13-,14-,18+/m1/s1. The van der Waals surface area contributed by atoms with Crippen LogP contribution >= 0.6 is 0 Å². The number of hydrogen-bond acceptors (Lipinski definition) is 3. The van der Waals surface area contributed by atoms with Crippen LogP contribution in [0, 0.1) is 25.7 Å². The van der Waals surface area contributed by atoms with Crippen LogP contribution in [-0.2, 0) is 17.8 Å². The van der Waals surface area contributed by atoms with E-state index in [1.54, 1.807) is 0 Å². The quantitative estimate of drug-likeness (QED) is 0.796. The van der Waals surface area contributed by atoms with Crippen LogP contribution in [0.1, 0.15) is 55.5 Å². The molecule has 5 nitrogen and oxygen atoms in total. The highest BCUT2D eigenvalue weighted by Gasteiger charge is 2.36. The van der Waals surface area contributed by atoms with Gasteiger partial charge in [0.25, 0.3) is 0 Å². The molecule has 0 bridgehead atoms. The minimum absolute atomic E-state index is 0.0814. The lowest BCUT2D eigenvalue weighted by Gasteiger charge is -2.14. The fraction of sp³-hybridized carbons (Fsp3) is 0.600. The van der Waals surface area contributed by atoms with E-state index in [4.69, 9.17) is 4.42 Å². The summed E-state index contributed by atoms with van der Waals surface area (Å²) in [6, 6.07) is 6.16. The molecule has 1 amide bonds. The number of aryl methyl sites for hydroxylation is 3. The van der Waals surface area contributed by atoms with E-state index in [1.807, 2.05) is 17.7 Å². The van der Waals surface area contributed by atoms with Crippen molar-refractivity contribution >= 4 is 5.91 Å². The zero-order valence-corrected chi connectivity index (χ0v) is 15.7. The molecule has 0 spiro atoms. The normalized spacial score (nSPS) is 20.5. The van der Waals surface area contributed by atoms with Gasteiger partial charge < -0.3 is 9.73 Å². The zero-order valence-electron chi connectivity index (χ0n) is 15.7. The first-order valence-corrected chi connectivity index (χ1v) is 9.28. The fourth-order valence-electron chi connectivity index (χ4n) is 3.28. The highest BCUT2D eigenvalue weighted by Crippen LogP contribution is 2.47. The van der Waals surface area contributed by atoms with Crippen LogP contribution in [0.15, 0.2) is 22.6 Å². The third-order valence-electron chi connectivity index (χ3n) is 4.99. The maximum absolute atomic E-state index is 12.1. The molecule has 1 saturated carbocycles. The summed E-state index contributed by atoms with van der Waals surface area (Å²) in [5, 5.41) is 7.50. The van der Waals surface area contributed by atoms with Crippen molar-refractivity contribution in [1.82, 2.24) is 15.1 Å². The maximum atomic E-state index is 12.1. The molecule has 0 radical (unpaired) electrons. The molecule has 0 aromatic carbocycles. The van der Waals surface area contributed by atoms with Crippen LogP contribution in [0.25, 0.3) is 0 Å². The molecule has 2 aromatic heterocycles. The fourth-order valence-corrected chi connectivity index (χ4v) is 3.28. The molecule has 5 heteroatoms. The average Bonchev–Trinajstić information content (AvgIpc) is 2.97. The summed E-state index contributed by atoms with van der Waals surface area (Å²) in [7, 11) is 0. The third kappa shape index (κ3) is 4.74. The van der Waals surface area contributed by atoms with Crippen molar-refractivity contribution in [2.45, 2.75) is 59.4 Å². The Balaban J connectivity index is 1.37. The van der Waals surface area contributed by atoms with Gasteiger partial charge in [0, 0.05) is 37.5 Å². The highest BCUT2D eigenvalue weighted by molar-refractivity contribution is 5.76. The lowest BCUT2D eigenvalue weighted by atomic mass is 10.1. The van der Waals surface area contributed by atoms with Crippen LogP contribution < -0.4 is 5.32 Å². The Labute approximate surface area is 149 Å². The SMILES string of the molecule is Cc1cc(C)n(C[C@H](C)CNC(=O)CCc2ccc([C@H]3C[C@H]3C)o2)n1. The van der Waals surface area contributed by atoms with Gasteiger partial charge in [0.15, 0.2) is 0 Å². The second kappa shape index (κ2) is 7.46. The van der Waals surface area contributed by atoms with Crippen LogP contribution in [0.4, 0.5) is 0 Å². The molecule has 3 rings (SSSR count). The van der Waals surface area contributed by atoms with Crippen molar-refractivity contribution in [2.24, 2.45) is 11.8 Å². The summed E-state index contributed by atoms with van der Waals surface area (Å²) in [5.41, 5.74) is 2.20. The largest absolute Gasteiger partial charge is 0.466 e. The summed E-state index contributed by atoms with van der Waals surface area (Å²) in [5.74, 6) is 3.76. The highest BCUT2D eigenvalue weighted by atomic mass is 16.3. The van der Waals surface area contributed by atoms with Gasteiger partial charge in [0.1, 0.15) is 11.5 Å². The van der Waals surface area contributed by atoms with Gasteiger partial charge in [-0.1, -0.05) is 13.8 Å². The first-order valence-electron chi connectivity index (χ1n) is 9.28. The first-order chi connectivity index (χ1) is 11.9. The number of hydrogen-bond donors (Lipinski definition) is 1. The summed E-state index contributed by atoms with van der Waals surface area (Å²) in [6.45, 7) is 9.92. The van der Waals surface area contributed by atoms with E-state index >= 15 is 0 Å². The number of nitrogens with one attached hydrogen (secondary N) is 1. The second-order valence-electron chi connectivity index (χ2n) is 7.64. The summed E-state index contributed by atoms with van der Waals surface area (Å²) in [4.78, 5) is 12.1. The molecule has 136 valence electrons. The molecule has 0 aliphatic heterocycles. The van der Waals surface area contributed by atoms with Crippen molar-refractivity contribution in [3.05, 3.63) is 41.1 Å². The van der Waals surface area contributed by atoms with E-state index in [9.17, 15) is 4.79 Å². The minimum atomic E-state index is 0.0814. The van der Waals surface area contributed by atoms with Crippen molar-refractivity contribution in [3.63, 3.8) is 0 Å². The second-order valence-corrected chi connectivity index (χ2v) is 7.64. The Morgan fingerprint density at radius 3 is 2.84 bits per heavy atom. The van der Waals surface area contributed by atoms with Gasteiger partial charge >= 0.3 is 0 Å². The summed E-state index contributed by atoms with van der Waals surface area (Å²) >= 11 is 0. The monoisotopic (exact) mass is 343 g/mol. The molecular weight excluding hydrogens is 314 g/mol. The van der Waals surface area contributed by atoms with E-state index < -0.39 is 0 Å². The molecule has 2 heterocycles. The summed E-state index contributed by atoms with van der Waals surface area (Å²) < 4.78 is 7.87. The topological polar surface area (TPSA) is 60.1 Å². The van der Waals surface area contributed by atoms with E-state index in [0.29, 0.717) is 31.2 Å². The molecule has 0 saturated heterocycles. The van der Waals surface area contributed by atoms with Crippen molar-refractivity contribution in [3.8, 4) is 0 Å². The Hall–Kier alpha value is -2.04. The Morgan fingerprint density at radius 2 is 2.20 bits per heavy atom.